The minimum absolute atomic E-state index is 0.385. The molecule has 0 heterocycles. The van der Waals surface area contributed by atoms with Crippen LogP contribution >= 0.6 is 0 Å². The molecule has 0 saturated carbocycles. The standard InChI is InChI=1S/C9H20FN/c1-7(2)6-11-9(4,5)8(3)10/h7-8,11H,6H2,1-5H3. The van der Waals surface area contributed by atoms with Crippen molar-refractivity contribution in [2.45, 2.75) is 46.3 Å². The van der Waals surface area contributed by atoms with Crippen LogP contribution in [-0.2, 0) is 0 Å². The van der Waals surface area contributed by atoms with E-state index in [1.165, 1.54) is 0 Å². The predicted octanol–water partition coefficient (Wildman–Crippen LogP) is 2.37. The Kier molecular flexibility index (Phi) is 4.01. The Bertz CT molecular complexity index is 108. The zero-order valence-electron chi connectivity index (χ0n) is 8.24. The van der Waals surface area contributed by atoms with Gasteiger partial charge in [-0.15, -0.1) is 0 Å². The molecule has 1 nitrogen and oxygen atoms in total. The van der Waals surface area contributed by atoms with Crippen LogP contribution in [-0.4, -0.2) is 18.3 Å². The number of nitrogens with one attached hydrogen (secondary N) is 1. The van der Waals surface area contributed by atoms with E-state index in [9.17, 15) is 4.39 Å². The second-order valence-corrected chi connectivity index (χ2v) is 4.11. The Hall–Kier alpha value is -0.110. The Morgan fingerprint density at radius 2 is 1.73 bits per heavy atom. The molecule has 0 bridgehead atoms. The van der Waals surface area contributed by atoms with Gasteiger partial charge in [-0.2, -0.15) is 0 Å². The van der Waals surface area contributed by atoms with Crippen LogP contribution in [0.15, 0.2) is 0 Å². The van der Waals surface area contributed by atoms with E-state index in [1.54, 1.807) is 6.92 Å². The summed E-state index contributed by atoms with van der Waals surface area (Å²) >= 11 is 0. The summed E-state index contributed by atoms with van der Waals surface area (Å²) in [6.45, 7) is 10.5. The summed E-state index contributed by atoms with van der Waals surface area (Å²) in [6, 6.07) is 0. The fourth-order valence-corrected chi connectivity index (χ4v) is 0.608. The highest BCUT2D eigenvalue weighted by molar-refractivity contribution is 4.83. The third-order valence-electron chi connectivity index (χ3n) is 1.96. The minimum atomic E-state index is -0.804. The predicted molar refractivity (Wildman–Crippen MR) is 47.5 cm³/mol. The molecule has 0 aliphatic carbocycles. The van der Waals surface area contributed by atoms with Gasteiger partial charge in [0.1, 0.15) is 6.17 Å². The van der Waals surface area contributed by atoms with Gasteiger partial charge in [0, 0.05) is 5.54 Å². The molecule has 0 rings (SSSR count). The van der Waals surface area contributed by atoms with E-state index in [0.717, 1.165) is 6.54 Å². The average Bonchev–Trinajstić information content (AvgIpc) is 1.84. The number of rotatable bonds is 4. The molecule has 2 heteroatoms. The molecule has 0 saturated heterocycles. The molecule has 0 aliphatic rings. The van der Waals surface area contributed by atoms with Gasteiger partial charge in [0.15, 0.2) is 0 Å². The van der Waals surface area contributed by atoms with E-state index in [-0.39, 0.29) is 5.54 Å². The lowest BCUT2D eigenvalue weighted by molar-refractivity contribution is 0.191. The van der Waals surface area contributed by atoms with Gasteiger partial charge in [0.25, 0.3) is 0 Å². The summed E-state index contributed by atoms with van der Waals surface area (Å²) < 4.78 is 12.9. The molecule has 0 fully saturated rings. The summed E-state index contributed by atoms with van der Waals surface area (Å²) in [7, 11) is 0. The van der Waals surface area contributed by atoms with Crippen molar-refractivity contribution in [3.05, 3.63) is 0 Å². The molecular formula is C9H20FN. The molecule has 1 unspecified atom stereocenters. The average molecular weight is 161 g/mol. The third-order valence-corrected chi connectivity index (χ3v) is 1.96. The lowest BCUT2D eigenvalue weighted by atomic mass is 9.99. The second kappa shape index (κ2) is 4.05. The lowest BCUT2D eigenvalue weighted by Gasteiger charge is -2.28. The van der Waals surface area contributed by atoms with Crippen LogP contribution in [0.2, 0.25) is 0 Å². The maximum Gasteiger partial charge on any atom is 0.115 e. The van der Waals surface area contributed by atoms with Gasteiger partial charge in [-0.05, 0) is 33.2 Å². The first kappa shape index (κ1) is 10.9. The van der Waals surface area contributed by atoms with Gasteiger partial charge in [-0.3, -0.25) is 0 Å². The van der Waals surface area contributed by atoms with Crippen LogP contribution in [0.1, 0.15) is 34.6 Å². The summed E-state index contributed by atoms with van der Waals surface area (Å²) in [4.78, 5) is 0. The maximum absolute atomic E-state index is 12.9. The van der Waals surface area contributed by atoms with Crippen molar-refractivity contribution >= 4 is 0 Å². The molecule has 0 aromatic rings. The molecule has 11 heavy (non-hydrogen) atoms. The van der Waals surface area contributed by atoms with E-state index < -0.39 is 6.17 Å². The van der Waals surface area contributed by atoms with Crippen LogP contribution < -0.4 is 5.32 Å². The van der Waals surface area contributed by atoms with Gasteiger partial charge in [-0.25, -0.2) is 4.39 Å². The van der Waals surface area contributed by atoms with E-state index in [2.05, 4.69) is 19.2 Å². The van der Waals surface area contributed by atoms with Gasteiger partial charge in [-0.1, -0.05) is 13.8 Å². The number of alkyl halides is 1. The molecule has 0 radical (unpaired) electrons. The topological polar surface area (TPSA) is 12.0 Å². The van der Waals surface area contributed by atoms with E-state index >= 15 is 0 Å². The van der Waals surface area contributed by atoms with Crippen molar-refractivity contribution in [3.63, 3.8) is 0 Å². The Morgan fingerprint density at radius 1 is 1.27 bits per heavy atom. The Balaban J connectivity index is 3.73. The monoisotopic (exact) mass is 161 g/mol. The summed E-state index contributed by atoms with van der Waals surface area (Å²) in [6.07, 6.45) is -0.804. The minimum Gasteiger partial charge on any atom is -0.309 e. The fourth-order valence-electron chi connectivity index (χ4n) is 0.608. The van der Waals surface area contributed by atoms with E-state index in [4.69, 9.17) is 0 Å². The molecule has 0 spiro atoms. The Labute approximate surface area is 69.4 Å². The quantitative estimate of drug-likeness (QED) is 0.667. The SMILES string of the molecule is CC(C)CNC(C)(C)C(C)F. The first-order valence-electron chi connectivity index (χ1n) is 4.25. The smallest absolute Gasteiger partial charge is 0.115 e. The van der Waals surface area contributed by atoms with Crippen molar-refractivity contribution in [2.75, 3.05) is 6.54 Å². The summed E-state index contributed by atoms with van der Waals surface area (Å²) in [5, 5.41) is 3.18. The number of hydrogen-bond acceptors (Lipinski definition) is 1. The molecule has 1 N–H and O–H groups in total. The van der Waals surface area contributed by atoms with Gasteiger partial charge < -0.3 is 5.32 Å². The van der Waals surface area contributed by atoms with E-state index in [0.29, 0.717) is 5.92 Å². The molecule has 0 aliphatic heterocycles. The van der Waals surface area contributed by atoms with Crippen LogP contribution in [0.4, 0.5) is 4.39 Å². The van der Waals surface area contributed by atoms with Crippen molar-refractivity contribution in [2.24, 2.45) is 5.92 Å². The van der Waals surface area contributed by atoms with Crippen LogP contribution in [0.3, 0.4) is 0 Å². The summed E-state index contributed by atoms with van der Waals surface area (Å²) in [5.74, 6) is 0.577. The first-order chi connectivity index (χ1) is 4.86. The Morgan fingerprint density at radius 3 is 2.00 bits per heavy atom. The van der Waals surface area contributed by atoms with Gasteiger partial charge >= 0.3 is 0 Å². The third kappa shape index (κ3) is 4.35. The molecule has 68 valence electrons. The normalized spacial score (nSPS) is 15.5. The highest BCUT2D eigenvalue weighted by atomic mass is 19.1. The second-order valence-electron chi connectivity index (χ2n) is 4.11. The zero-order valence-corrected chi connectivity index (χ0v) is 8.24. The fraction of sp³-hybridized carbons (Fsp3) is 1.00. The maximum atomic E-state index is 12.9. The summed E-state index contributed by atoms with van der Waals surface area (Å²) in [5.41, 5.74) is -0.385. The van der Waals surface area contributed by atoms with Crippen molar-refractivity contribution in [3.8, 4) is 0 Å². The zero-order chi connectivity index (χ0) is 9.07. The van der Waals surface area contributed by atoms with Crippen molar-refractivity contribution in [1.82, 2.24) is 5.32 Å². The largest absolute Gasteiger partial charge is 0.309 e. The number of halogens is 1. The van der Waals surface area contributed by atoms with Crippen molar-refractivity contribution in [1.29, 1.82) is 0 Å². The molecule has 0 aromatic carbocycles. The van der Waals surface area contributed by atoms with Crippen LogP contribution in [0, 0.1) is 5.92 Å². The molecule has 0 amide bonds. The van der Waals surface area contributed by atoms with Crippen LogP contribution in [0.5, 0.6) is 0 Å². The highest BCUT2D eigenvalue weighted by Gasteiger charge is 2.24. The van der Waals surface area contributed by atoms with Crippen LogP contribution in [0.25, 0.3) is 0 Å². The van der Waals surface area contributed by atoms with Crippen molar-refractivity contribution < 1.29 is 4.39 Å². The van der Waals surface area contributed by atoms with Gasteiger partial charge in [0.05, 0.1) is 0 Å². The molecule has 0 aromatic heterocycles. The lowest BCUT2D eigenvalue weighted by Crippen LogP contribution is -2.47. The molecule has 1 atom stereocenters. The molecular weight excluding hydrogens is 141 g/mol. The first-order valence-corrected chi connectivity index (χ1v) is 4.25. The van der Waals surface area contributed by atoms with E-state index in [1.807, 2.05) is 13.8 Å². The highest BCUT2D eigenvalue weighted by Crippen LogP contribution is 2.12. The number of hydrogen-bond donors (Lipinski definition) is 1. The van der Waals surface area contributed by atoms with Gasteiger partial charge in [0.2, 0.25) is 0 Å².